The fourth-order valence-corrected chi connectivity index (χ4v) is 3.28. The molecular weight excluding hydrogens is 276 g/mol. The lowest BCUT2D eigenvalue weighted by Gasteiger charge is -2.29. The van der Waals surface area contributed by atoms with Crippen molar-refractivity contribution in [1.29, 1.82) is 0 Å². The molecule has 3 N–H and O–H groups in total. The molecule has 6 nitrogen and oxygen atoms in total. The predicted molar refractivity (Wildman–Crippen MR) is 82.3 cm³/mol. The standard InChI is InChI=1S/C13H22N4O2S/c1-11(2)15-20(18,19)16-12-3-5-13(6-4-12)17-9-7-14-8-10-17/h3-6,11,14-16H,7-10H2,1-2H3. The smallest absolute Gasteiger partial charge is 0.299 e. The third kappa shape index (κ3) is 4.36. The van der Waals surface area contributed by atoms with Crippen molar-refractivity contribution < 1.29 is 8.42 Å². The molecule has 0 atom stereocenters. The highest BCUT2D eigenvalue weighted by Gasteiger charge is 2.13. The average Bonchev–Trinajstić information content (AvgIpc) is 2.38. The molecule has 0 aromatic heterocycles. The summed E-state index contributed by atoms with van der Waals surface area (Å²) in [5.41, 5.74) is 1.68. The van der Waals surface area contributed by atoms with Crippen molar-refractivity contribution >= 4 is 21.6 Å². The summed E-state index contributed by atoms with van der Waals surface area (Å²) in [7, 11) is -3.50. The minimum Gasteiger partial charge on any atom is -0.369 e. The Labute approximate surface area is 120 Å². The van der Waals surface area contributed by atoms with E-state index in [1.54, 1.807) is 26.0 Å². The summed E-state index contributed by atoms with van der Waals surface area (Å²) < 4.78 is 28.5. The number of anilines is 2. The second-order valence-corrected chi connectivity index (χ2v) is 6.61. The Kier molecular flexibility index (Phi) is 4.85. The maximum absolute atomic E-state index is 11.8. The van der Waals surface area contributed by atoms with E-state index in [9.17, 15) is 8.42 Å². The second-order valence-electron chi connectivity index (χ2n) is 5.16. The molecule has 1 aliphatic heterocycles. The molecule has 0 saturated carbocycles. The first kappa shape index (κ1) is 15.1. The molecule has 1 aromatic rings. The first-order valence-electron chi connectivity index (χ1n) is 6.82. The topological polar surface area (TPSA) is 73.5 Å². The normalized spacial score (nSPS) is 16.4. The van der Waals surface area contributed by atoms with E-state index in [1.165, 1.54) is 0 Å². The van der Waals surface area contributed by atoms with Gasteiger partial charge in [-0.15, -0.1) is 0 Å². The minimum atomic E-state index is -3.50. The van der Waals surface area contributed by atoms with E-state index in [4.69, 9.17) is 0 Å². The molecule has 1 saturated heterocycles. The lowest BCUT2D eigenvalue weighted by molar-refractivity contribution is 0.575. The molecule has 1 aliphatic rings. The Hall–Kier alpha value is -1.31. The van der Waals surface area contributed by atoms with Gasteiger partial charge in [-0.1, -0.05) is 0 Å². The number of nitrogens with one attached hydrogen (secondary N) is 3. The zero-order chi connectivity index (χ0) is 14.6. The van der Waals surface area contributed by atoms with Gasteiger partial charge < -0.3 is 10.2 Å². The van der Waals surface area contributed by atoms with Crippen LogP contribution in [0.1, 0.15) is 13.8 Å². The summed E-state index contributed by atoms with van der Waals surface area (Å²) in [6, 6.07) is 7.33. The van der Waals surface area contributed by atoms with Gasteiger partial charge in [-0.25, -0.2) is 0 Å². The van der Waals surface area contributed by atoms with Crippen LogP contribution in [-0.2, 0) is 10.2 Å². The molecule has 20 heavy (non-hydrogen) atoms. The van der Waals surface area contributed by atoms with Crippen molar-refractivity contribution in [2.24, 2.45) is 0 Å². The van der Waals surface area contributed by atoms with E-state index < -0.39 is 10.2 Å². The van der Waals surface area contributed by atoms with Gasteiger partial charge in [-0.2, -0.15) is 13.1 Å². The summed E-state index contributed by atoms with van der Waals surface area (Å²) in [5.74, 6) is 0. The summed E-state index contributed by atoms with van der Waals surface area (Å²) >= 11 is 0. The molecule has 1 heterocycles. The maximum atomic E-state index is 11.8. The van der Waals surface area contributed by atoms with Crippen molar-refractivity contribution in [3.05, 3.63) is 24.3 Å². The molecule has 0 bridgehead atoms. The van der Waals surface area contributed by atoms with Gasteiger partial charge in [0.05, 0.1) is 0 Å². The van der Waals surface area contributed by atoms with E-state index >= 15 is 0 Å². The summed E-state index contributed by atoms with van der Waals surface area (Å²) in [6.07, 6.45) is 0. The largest absolute Gasteiger partial charge is 0.369 e. The van der Waals surface area contributed by atoms with Gasteiger partial charge in [0.25, 0.3) is 10.2 Å². The molecule has 0 amide bonds. The van der Waals surface area contributed by atoms with Crippen molar-refractivity contribution in [3.8, 4) is 0 Å². The molecule has 0 radical (unpaired) electrons. The van der Waals surface area contributed by atoms with E-state index in [2.05, 4.69) is 19.7 Å². The molecule has 1 fully saturated rings. The van der Waals surface area contributed by atoms with Crippen LogP contribution in [0.2, 0.25) is 0 Å². The monoisotopic (exact) mass is 298 g/mol. The lowest BCUT2D eigenvalue weighted by atomic mass is 10.2. The lowest BCUT2D eigenvalue weighted by Crippen LogP contribution is -2.43. The summed E-state index contributed by atoms with van der Waals surface area (Å²) in [4.78, 5) is 2.28. The third-order valence-electron chi connectivity index (χ3n) is 2.99. The van der Waals surface area contributed by atoms with Crippen molar-refractivity contribution in [2.45, 2.75) is 19.9 Å². The molecule has 2 rings (SSSR count). The number of hydrogen-bond donors (Lipinski definition) is 3. The van der Waals surface area contributed by atoms with Gasteiger partial charge in [0.2, 0.25) is 0 Å². The third-order valence-corrected chi connectivity index (χ3v) is 4.28. The quantitative estimate of drug-likeness (QED) is 0.750. The number of rotatable bonds is 5. The highest BCUT2D eigenvalue weighted by molar-refractivity contribution is 7.90. The molecule has 0 aliphatic carbocycles. The van der Waals surface area contributed by atoms with Crippen molar-refractivity contribution in [3.63, 3.8) is 0 Å². The van der Waals surface area contributed by atoms with Gasteiger partial charge in [0, 0.05) is 43.6 Å². The molecule has 7 heteroatoms. The van der Waals surface area contributed by atoms with E-state index in [1.807, 2.05) is 12.1 Å². The van der Waals surface area contributed by atoms with Crippen molar-refractivity contribution in [2.75, 3.05) is 35.8 Å². The summed E-state index contributed by atoms with van der Waals surface area (Å²) in [5, 5.41) is 3.30. The van der Waals surface area contributed by atoms with Gasteiger partial charge >= 0.3 is 0 Å². The minimum absolute atomic E-state index is 0.132. The molecule has 112 valence electrons. The van der Waals surface area contributed by atoms with Crippen LogP contribution in [0.25, 0.3) is 0 Å². The van der Waals surface area contributed by atoms with Gasteiger partial charge in [-0.3, -0.25) is 4.72 Å². The second kappa shape index (κ2) is 6.43. The highest BCUT2D eigenvalue weighted by atomic mass is 32.2. The zero-order valence-corrected chi connectivity index (χ0v) is 12.7. The Morgan fingerprint density at radius 1 is 1.15 bits per heavy atom. The van der Waals surface area contributed by atoms with Crippen LogP contribution in [0.3, 0.4) is 0 Å². The summed E-state index contributed by atoms with van der Waals surface area (Å²) in [6.45, 7) is 7.47. The number of benzene rings is 1. The van der Waals surface area contributed by atoms with Gasteiger partial charge in [0.15, 0.2) is 0 Å². The number of piperazine rings is 1. The Balaban J connectivity index is 2.01. The Morgan fingerprint density at radius 3 is 2.30 bits per heavy atom. The van der Waals surface area contributed by atoms with Crippen LogP contribution >= 0.6 is 0 Å². The maximum Gasteiger partial charge on any atom is 0.299 e. The Morgan fingerprint density at radius 2 is 1.75 bits per heavy atom. The SMILES string of the molecule is CC(C)NS(=O)(=O)Nc1ccc(N2CCNCC2)cc1. The number of hydrogen-bond acceptors (Lipinski definition) is 4. The van der Waals surface area contributed by atoms with E-state index in [0.29, 0.717) is 5.69 Å². The van der Waals surface area contributed by atoms with Crippen LogP contribution in [0.5, 0.6) is 0 Å². The molecule has 1 aromatic carbocycles. The van der Waals surface area contributed by atoms with Crippen LogP contribution in [0.4, 0.5) is 11.4 Å². The van der Waals surface area contributed by atoms with Crippen molar-refractivity contribution in [1.82, 2.24) is 10.0 Å². The van der Waals surface area contributed by atoms with E-state index in [-0.39, 0.29) is 6.04 Å². The first-order chi connectivity index (χ1) is 9.46. The van der Waals surface area contributed by atoms with Crippen LogP contribution in [-0.4, -0.2) is 40.6 Å². The van der Waals surface area contributed by atoms with E-state index in [0.717, 1.165) is 31.9 Å². The molecular formula is C13H22N4O2S. The fourth-order valence-electron chi connectivity index (χ4n) is 2.16. The van der Waals surface area contributed by atoms with Gasteiger partial charge in [-0.05, 0) is 38.1 Å². The predicted octanol–water partition coefficient (Wildman–Crippen LogP) is 0.751. The first-order valence-corrected chi connectivity index (χ1v) is 8.30. The Bertz CT molecular complexity index is 522. The van der Waals surface area contributed by atoms with Crippen LogP contribution < -0.4 is 19.7 Å². The fraction of sp³-hybridized carbons (Fsp3) is 0.538. The average molecular weight is 298 g/mol. The molecule has 0 unspecified atom stereocenters. The van der Waals surface area contributed by atoms with Crippen LogP contribution in [0.15, 0.2) is 24.3 Å². The molecule has 0 spiro atoms. The highest BCUT2D eigenvalue weighted by Crippen LogP contribution is 2.18. The zero-order valence-electron chi connectivity index (χ0n) is 11.9. The van der Waals surface area contributed by atoms with Crippen LogP contribution in [0, 0.1) is 0 Å². The van der Waals surface area contributed by atoms with Gasteiger partial charge in [0.1, 0.15) is 0 Å². The number of nitrogens with zero attached hydrogens (tertiary/aromatic N) is 1.